The number of aryl methyl sites for hydroxylation is 4. The van der Waals surface area contributed by atoms with Crippen LogP contribution in [-0.2, 0) is 20.4 Å². The number of rotatable bonds is 4. The minimum Gasteiger partial charge on any atom is -0.504 e. The second-order valence-corrected chi connectivity index (χ2v) is 12.9. The van der Waals surface area contributed by atoms with Crippen LogP contribution < -0.4 is 18.9 Å². The third-order valence-electron chi connectivity index (χ3n) is 9.88. The molecule has 8 heteroatoms. The van der Waals surface area contributed by atoms with E-state index in [0.29, 0.717) is 39.3 Å². The molecule has 0 N–H and O–H groups in total. The fourth-order valence-corrected chi connectivity index (χ4v) is 7.65. The summed E-state index contributed by atoms with van der Waals surface area (Å²) in [7, 11) is 1.67. The lowest BCUT2D eigenvalue weighted by atomic mass is 9.66. The summed E-state index contributed by atoms with van der Waals surface area (Å²) < 4.78 is 28.6. The molecule has 2 heterocycles. The van der Waals surface area contributed by atoms with Gasteiger partial charge in [0, 0.05) is 17.0 Å². The maximum Gasteiger partial charge on any atom is 0.166 e. The molecule has 2 aromatic carbocycles. The van der Waals surface area contributed by atoms with Crippen molar-refractivity contribution in [2.75, 3.05) is 33.5 Å². The standard InChI is InChI=1S/C19H23NO3.C18H21NO3.8C2H6/c1-13-10-14(2)17-18(23-9-8-22-17)16(13)19(12-20)6-4-15(5-7-19)11-21-3;1-12-9-13(2)16-17(22-8-7-21-16)15(12)18(11-19)5-3-14(10-20)4-6-18;8*1-2/h10-11H,4-9H2,1-3H3;9-10,14H,3-8H2,1-2H3;8*1-2H3. The number of ether oxygens (including phenoxy) is 5. The number of hydrogen-bond donors (Lipinski definition) is 0. The minimum atomic E-state index is -0.567. The summed E-state index contributed by atoms with van der Waals surface area (Å²) in [5.74, 6) is 3.20. The first kappa shape index (κ1) is 63.5. The van der Waals surface area contributed by atoms with Crippen LogP contribution in [0.2, 0.25) is 0 Å². The van der Waals surface area contributed by atoms with Crippen LogP contribution in [0.15, 0.2) is 24.0 Å². The molecule has 4 aliphatic rings. The molecule has 0 spiro atoms. The molecule has 0 aromatic heterocycles. The molecule has 61 heavy (non-hydrogen) atoms. The second-order valence-electron chi connectivity index (χ2n) is 12.9. The van der Waals surface area contributed by atoms with Gasteiger partial charge in [0.1, 0.15) is 32.7 Å². The predicted molar refractivity (Wildman–Crippen MR) is 261 cm³/mol. The van der Waals surface area contributed by atoms with Gasteiger partial charge in [-0.3, -0.25) is 0 Å². The van der Waals surface area contributed by atoms with E-state index in [1.807, 2.05) is 138 Å². The molecule has 2 fully saturated rings. The van der Waals surface area contributed by atoms with Crippen molar-refractivity contribution in [3.63, 3.8) is 0 Å². The largest absolute Gasteiger partial charge is 0.504 e. The highest BCUT2D eigenvalue weighted by Gasteiger charge is 2.43. The molecule has 2 aromatic rings. The molecule has 350 valence electrons. The van der Waals surface area contributed by atoms with Gasteiger partial charge < -0.3 is 28.5 Å². The van der Waals surface area contributed by atoms with E-state index in [1.165, 1.54) is 5.57 Å². The highest BCUT2D eigenvalue weighted by atomic mass is 16.6. The topological polar surface area (TPSA) is 111 Å². The average Bonchev–Trinajstić information content (AvgIpc) is 3.35. The third-order valence-corrected chi connectivity index (χ3v) is 9.88. The zero-order valence-corrected chi connectivity index (χ0v) is 43.2. The Morgan fingerprint density at radius 2 is 0.852 bits per heavy atom. The van der Waals surface area contributed by atoms with Crippen LogP contribution in [0.4, 0.5) is 0 Å². The highest BCUT2D eigenvalue weighted by Crippen LogP contribution is 2.52. The fraction of sp³-hybridized carbons (Fsp3) is 0.679. The van der Waals surface area contributed by atoms with Gasteiger partial charge >= 0.3 is 0 Å². The van der Waals surface area contributed by atoms with Crippen molar-refractivity contribution in [1.82, 2.24) is 0 Å². The van der Waals surface area contributed by atoms with E-state index in [0.717, 1.165) is 101 Å². The number of hydrogen-bond acceptors (Lipinski definition) is 8. The van der Waals surface area contributed by atoms with Crippen molar-refractivity contribution in [3.05, 3.63) is 57.3 Å². The highest BCUT2D eigenvalue weighted by molar-refractivity contribution is 5.62. The first-order valence-corrected chi connectivity index (χ1v) is 24.0. The SMILES string of the molecule is CC.CC.CC.CC.CC.CC.CC.CC.COC=C1CCC(C#N)(c2c(C)cc(C)c3c2OCCO3)CC1.Cc1cc(C)c(C2(C#N)CCC(C=O)CC2)c2c1OCCO2. The number of aldehydes is 1. The zero-order valence-electron chi connectivity index (χ0n) is 43.2. The Morgan fingerprint density at radius 3 is 1.15 bits per heavy atom. The van der Waals surface area contributed by atoms with E-state index in [9.17, 15) is 15.3 Å². The van der Waals surface area contributed by atoms with E-state index in [2.05, 4.69) is 31.2 Å². The van der Waals surface area contributed by atoms with E-state index in [4.69, 9.17) is 23.7 Å². The molecule has 2 aliphatic carbocycles. The molecule has 0 unspecified atom stereocenters. The van der Waals surface area contributed by atoms with Crippen LogP contribution in [-0.4, -0.2) is 39.8 Å². The Labute approximate surface area is 376 Å². The van der Waals surface area contributed by atoms with Gasteiger partial charge in [-0.1, -0.05) is 123 Å². The molecule has 2 saturated carbocycles. The zero-order chi connectivity index (χ0) is 48.2. The predicted octanol–water partition coefficient (Wildman–Crippen LogP) is 15.4. The Morgan fingerprint density at radius 1 is 0.541 bits per heavy atom. The number of allylic oxidation sites excluding steroid dienone is 1. The van der Waals surface area contributed by atoms with E-state index >= 15 is 0 Å². The quantitative estimate of drug-likeness (QED) is 0.221. The molecule has 0 bridgehead atoms. The summed E-state index contributed by atoms with van der Waals surface area (Å²) in [5, 5.41) is 19.9. The van der Waals surface area contributed by atoms with E-state index in [-0.39, 0.29) is 5.92 Å². The first-order chi connectivity index (χ1) is 29.7. The maximum absolute atomic E-state index is 11.0. The number of methoxy groups -OCH3 is 1. The number of fused-ring (bicyclic) bond motifs is 2. The molecule has 6 rings (SSSR count). The monoisotopic (exact) mass is 853 g/mol. The van der Waals surface area contributed by atoms with Crippen molar-refractivity contribution < 1.29 is 28.5 Å². The molecule has 0 radical (unpaired) electrons. The molecule has 8 nitrogen and oxygen atoms in total. The lowest BCUT2D eigenvalue weighted by molar-refractivity contribution is -0.112. The van der Waals surface area contributed by atoms with Gasteiger partial charge in [0.2, 0.25) is 0 Å². The number of benzene rings is 2. The van der Waals surface area contributed by atoms with Gasteiger partial charge in [-0.2, -0.15) is 10.5 Å². The van der Waals surface area contributed by atoms with Crippen molar-refractivity contribution in [1.29, 1.82) is 10.5 Å². The van der Waals surface area contributed by atoms with Gasteiger partial charge in [-0.25, -0.2) is 0 Å². The van der Waals surface area contributed by atoms with Crippen molar-refractivity contribution in [2.45, 2.75) is 201 Å². The maximum atomic E-state index is 11.0. The normalized spacial score (nSPS) is 19.3. The number of carbonyl (C=O) groups excluding carboxylic acids is 1. The summed E-state index contributed by atoms with van der Waals surface area (Å²) >= 11 is 0. The summed E-state index contributed by atoms with van der Waals surface area (Å²) in [6, 6.07) is 9.33. The van der Waals surface area contributed by atoms with E-state index < -0.39 is 10.8 Å². The lowest BCUT2D eigenvalue weighted by Crippen LogP contribution is -2.33. The minimum absolute atomic E-state index is 0.0835. The van der Waals surface area contributed by atoms with Crippen LogP contribution in [0.25, 0.3) is 0 Å². The van der Waals surface area contributed by atoms with Gasteiger partial charge in [0.05, 0.1) is 36.3 Å². The Balaban J connectivity index is -0.000000402. The fourth-order valence-electron chi connectivity index (χ4n) is 7.65. The Hall–Kier alpha value is -4.17. The summed E-state index contributed by atoms with van der Waals surface area (Å²) in [4.78, 5) is 11.0. The van der Waals surface area contributed by atoms with Crippen LogP contribution in [0.3, 0.4) is 0 Å². The van der Waals surface area contributed by atoms with E-state index in [1.54, 1.807) is 7.11 Å². The Bertz CT molecular complexity index is 1550. The van der Waals surface area contributed by atoms with Crippen LogP contribution >= 0.6 is 0 Å². The number of nitriles is 2. The first-order valence-electron chi connectivity index (χ1n) is 24.0. The van der Waals surface area contributed by atoms with Crippen LogP contribution in [0.1, 0.15) is 196 Å². The molecule has 0 saturated heterocycles. The molecule has 0 amide bonds. The van der Waals surface area contributed by atoms with Crippen LogP contribution in [0.5, 0.6) is 23.0 Å². The average molecular weight is 853 g/mol. The summed E-state index contributed by atoms with van der Waals surface area (Å²) in [5.41, 5.74) is 6.51. The molecule has 0 atom stereocenters. The van der Waals surface area contributed by atoms with Crippen molar-refractivity contribution >= 4 is 6.29 Å². The van der Waals surface area contributed by atoms with Gasteiger partial charge in [-0.05, 0) is 107 Å². The van der Waals surface area contributed by atoms with Gasteiger partial charge in [0.15, 0.2) is 23.0 Å². The summed E-state index contributed by atoms with van der Waals surface area (Å²) in [6.45, 7) is 42.3. The summed E-state index contributed by atoms with van der Waals surface area (Å²) in [6.07, 6.45) is 9.11. The molecular formula is C53H92N2O6. The third kappa shape index (κ3) is 17.3. The molecule has 2 aliphatic heterocycles. The Kier molecular flexibility index (Phi) is 39.1. The second kappa shape index (κ2) is 37.6. The van der Waals surface area contributed by atoms with Gasteiger partial charge in [-0.15, -0.1) is 0 Å². The number of nitrogens with zero attached hydrogens (tertiary/aromatic N) is 2. The number of carbonyl (C=O) groups is 1. The lowest BCUT2D eigenvalue weighted by Gasteiger charge is -2.37. The molecular weight excluding hydrogens is 761 g/mol. The smallest absolute Gasteiger partial charge is 0.166 e. The van der Waals surface area contributed by atoms with Crippen LogP contribution in [0, 0.1) is 56.3 Å². The van der Waals surface area contributed by atoms with Crippen molar-refractivity contribution in [3.8, 4) is 35.1 Å². The van der Waals surface area contributed by atoms with Crippen molar-refractivity contribution in [2.24, 2.45) is 5.92 Å². The van der Waals surface area contributed by atoms with Gasteiger partial charge in [0.25, 0.3) is 0 Å².